The van der Waals surface area contributed by atoms with Gasteiger partial charge in [-0.25, -0.2) is 8.42 Å². The predicted molar refractivity (Wildman–Crippen MR) is 131 cm³/mol. The topological polar surface area (TPSA) is 79.4 Å². The summed E-state index contributed by atoms with van der Waals surface area (Å²) in [4.78, 5) is 17.0. The number of aryl methyl sites for hydroxylation is 3. The number of amides is 1. The number of rotatable bonds is 8. The minimum absolute atomic E-state index is 0.0354. The van der Waals surface area contributed by atoms with Gasteiger partial charge < -0.3 is 5.32 Å². The second kappa shape index (κ2) is 10.7. The monoisotopic (exact) mass is 505 g/mol. The fourth-order valence-electron chi connectivity index (χ4n) is 3.69. The molecule has 0 bridgehead atoms. The molecule has 1 amide bonds. The summed E-state index contributed by atoms with van der Waals surface area (Å²) < 4.78 is 28.6. The van der Waals surface area contributed by atoms with Crippen LogP contribution < -0.4 is 5.32 Å². The molecule has 2 aromatic carbocycles. The maximum absolute atomic E-state index is 13.7. The first-order valence-corrected chi connectivity index (χ1v) is 12.4. The highest BCUT2D eigenvalue weighted by Crippen LogP contribution is 2.28. The number of hydrogen-bond acceptors (Lipinski definition) is 4. The number of aromatic nitrogens is 1. The van der Waals surface area contributed by atoms with E-state index in [0.717, 1.165) is 15.4 Å². The molecule has 0 aliphatic carbocycles. The predicted octanol–water partition coefficient (Wildman–Crippen LogP) is 4.82. The number of pyridine rings is 1. The quantitative estimate of drug-likeness (QED) is 0.475. The lowest BCUT2D eigenvalue weighted by Crippen LogP contribution is -2.40. The molecule has 0 radical (unpaired) electrons. The fourth-order valence-corrected chi connectivity index (χ4v) is 5.81. The summed E-state index contributed by atoms with van der Waals surface area (Å²) in [5, 5.41) is 3.45. The van der Waals surface area contributed by atoms with Gasteiger partial charge >= 0.3 is 0 Å². The molecule has 0 fully saturated rings. The second-order valence-corrected chi connectivity index (χ2v) is 10.6. The van der Waals surface area contributed by atoms with Gasteiger partial charge in [-0.05, 0) is 61.2 Å². The molecule has 0 spiro atoms. The number of sulfonamides is 1. The average molecular weight is 506 g/mol. The van der Waals surface area contributed by atoms with Gasteiger partial charge in [0, 0.05) is 25.5 Å². The molecule has 0 aliphatic rings. The fraction of sp³-hybridized carbons (Fsp3) is 0.250. The van der Waals surface area contributed by atoms with Gasteiger partial charge in [-0.2, -0.15) is 4.31 Å². The van der Waals surface area contributed by atoms with Crippen LogP contribution in [0.2, 0.25) is 10.0 Å². The SMILES string of the molecule is Cc1cc(C)c(S(=O)(=O)N(CC(=O)NCc2cccnc2)Cc2ccc(Cl)c(Cl)c2)c(C)c1. The van der Waals surface area contributed by atoms with E-state index in [1.54, 1.807) is 50.5 Å². The Labute approximate surface area is 204 Å². The van der Waals surface area contributed by atoms with Crippen molar-refractivity contribution in [2.75, 3.05) is 6.54 Å². The van der Waals surface area contributed by atoms with Crippen molar-refractivity contribution < 1.29 is 13.2 Å². The minimum atomic E-state index is -3.99. The first-order chi connectivity index (χ1) is 15.6. The van der Waals surface area contributed by atoms with Crippen molar-refractivity contribution in [3.8, 4) is 0 Å². The number of hydrogen-bond donors (Lipinski definition) is 1. The Balaban J connectivity index is 1.92. The Morgan fingerprint density at radius 2 is 1.70 bits per heavy atom. The summed E-state index contributed by atoms with van der Waals surface area (Å²) >= 11 is 12.1. The molecular weight excluding hydrogens is 481 g/mol. The maximum Gasteiger partial charge on any atom is 0.244 e. The third kappa shape index (κ3) is 6.32. The molecule has 1 aromatic heterocycles. The summed E-state index contributed by atoms with van der Waals surface area (Å²) in [5.74, 6) is -0.426. The number of nitrogens with one attached hydrogen (secondary N) is 1. The highest BCUT2D eigenvalue weighted by atomic mass is 35.5. The number of halogens is 2. The van der Waals surface area contributed by atoms with E-state index in [2.05, 4.69) is 10.3 Å². The zero-order valence-electron chi connectivity index (χ0n) is 18.6. The van der Waals surface area contributed by atoms with E-state index < -0.39 is 15.9 Å². The summed E-state index contributed by atoms with van der Waals surface area (Å²) in [5.41, 5.74) is 3.66. The Bertz CT molecular complexity index is 1240. The van der Waals surface area contributed by atoms with Crippen molar-refractivity contribution >= 4 is 39.1 Å². The Morgan fingerprint density at radius 1 is 1.00 bits per heavy atom. The number of carbonyl (C=O) groups is 1. The van der Waals surface area contributed by atoms with E-state index in [4.69, 9.17) is 23.2 Å². The van der Waals surface area contributed by atoms with E-state index >= 15 is 0 Å². The third-order valence-electron chi connectivity index (χ3n) is 5.08. The van der Waals surface area contributed by atoms with Gasteiger partial charge in [0.15, 0.2) is 0 Å². The zero-order chi connectivity index (χ0) is 24.2. The molecule has 1 heterocycles. The first kappa shape index (κ1) is 25.2. The molecule has 174 valence electrons. The Hall–Kier alpha value is -2.45. The van der Waals surface area contributed by atoms with Crippen LogP contribution in [-0.2, 0) is 27.9 Å². The van der Waals surface area contributed by atoms with Crippen LogP contribution in [0.1, 0.15) is 27.8 Å². The molecule has 0 saturated carbocycles. The molecule has 3 aromatic rings. The molecule has 33 heavy (non-hydrogen) atoms. The van der Waals surface area contributed by atoms with Gasteiger partial charge in [0.25, 0.3) is 0 Å². The van der Waals surface area contributed by atoms with Gasteiger partial charge in [-0.15, -0.1) is 0 Å². The van der Waals surface area contributed by atoms with E-state index in [0.29, 0.717) is 26.7 Å². The van der Waals surface area contributed by atoms with Gasteiger partial charge in [0.05, 0.1) is 21.5 Å². The van der Waals surface area contributed by atoms with Crippen LogP contribution in [0.15, 0.2) is 59.8 Å². The Kier molecular flexibility index (Phi) is 8.13. The summed E-state index contributed by atoms with van der Waals surface area (Å²) in [6.45, 7) is 5.28. The highest BCUT2D eigenvalue weighted by Gasteiger charge is 2.30. The molecular formula is C24H25Cl2N3O3S. The molecule has 0 saturated heterocycles. The summed E-state index contributed by atoms with van der Waals surface area (Å²) in [7, 11) is -3.99. The molecule has 0 atom stereocenters. The molecule has 0 unspecified atom stereocenters. The largest absolute Gasteiger partial charge is 0.351 e. The van der Waals surface area contributed by atoms with E-state index in [9.17, 15) is 13.2 Å². The lowest BCUT2D eigenvalue weighted by atomic mass is 10.1. The molecule has 9 heteroatoms. The maximum atomic E-state index is 13.7. The van der Waals surface area contributed by atoms with Crippen molar-refractivity contribution in [3.63, 3.8) is 0 Å². The first-order valence-electron chi connectivity index (χ1n) is 10.3. The van der Waals surface area contributed by atoms with Crippen LogP contribution in [0.4, 0.5) is 0 Å². The van der Waals surface area contributed by atoms with E-state index in [1.165, 1.54) is 0 Å². The molecule has 6 nitrogen and oxygen atoms in total. The van der Waals surface area contributed by atoms with Gasteiger partial charge in [0.2, 0.25) is 15.9 Å². The van der Waals surface area contributed by atoms with Crippen LogP contribution >= 0.6 is 23.2 Å². The second-order valence-electron chi connectivity index (χ2n) is 7.89. The van der Waals surface area contributed by atoms with Crippen LogP contribution in [0.5, 0.6) is 0 Å². The van der Waals surface area contributed by atoms with Crippen LogP contribution in [0.3, 0.4) is 0 Å². The highest BCUT2D eigenvalue weighted by molar-refractivity contribution is 7.89. The number of benzene rings is 2. The van der Waals surface area contributed by atoms with Crippen LogP contribution in [0.25, 0.3) is 0 Å². The lowest BCUT2D eigenvalue weighted by Gasteiger charge is -2.24. The summed E-state index contributed by atoms with van der Waals surface area (Å²) in [6.07, 6.45) is 3.28. The molecule has 3 rings (SSSR count). The van der Waals surface area contributed by atoms with E-state index in [1.807, 2.05) is 25.1 Å². The van der Waals surface area contributed by atoms with Crippen LogP contribution in [-0.4, -0.2) is 30.2 Å². The van der Waals surface area contributed by atoms with Crippen LogP contribution in [0, 0.1) is 20.8 Å². The molecule has 0 aliphatic heterocycles. The van der Waals surface area contributed by atoms with Crippen molar-refractivity contribution in [3.05, 3.63) is 92.7 Å². The average Bonchev–Trinajstić information content (AvgIpc) is 2.74. The third-order valence-corrected chi connectivity index (χ3v) is 7.91. The van der Waals surface area contributed by atoms with Gasteiger partial charge in [-0.1, -0.05) is 53.0 Å². The van der Waals surface area contributed by atoms with Crippen molar-refractivity contribution in [1.29, 1.82) is 0 Å². The van der Waals surface area contributed by atoms with E-state index in [-0.39, 0.29) is 24.5 Å². The standard InChI is InChI=1S/C24H25Cl2N3O3S/c1-16-9-17(2)24(18(3)10-16)33(31,32)29(14-19-6-7-21(25)22(26)11-19)15-23(30)28-13-20-5-4-8-27-12-20/h4-12H,13-15H2,1-3H3,(H,28,30). The smallest absolute Gasteiger partial charge is 0.244 e. The van der Waals surface area contributed by atoms with Crippen molar-refractivity contribution in [2.24, 2.45) is 0 Å². The van der Waals surface area contributed by atoms with Crippen molar-refractivity contribution in [1.82, 2.24) is 14.6 Å². The van der Waals surface area contributed by atoms with Crippen molar-refractivity contribution in [2.45, 2.75) is 38.8 Å². The Morgan fingerprint density at radius 3 is 2.30 bits per heavy atom. The normalized spacial score (nSPS) is 11.6. The summed E-state index contributed by atoms with van der Waals surface area (Å²) in [6, 6.07) is 12.1. The lowest BCUT2D eigenvalue weighted by molar-refractivity contribution is -0.121. The number of carbonyl (C=O) groups excluding carboxylic acids is 1. The van der Waals surface area contributed by atoms with Gasteiger partial charge in [-0.3, -0.25) is 9.78 Å². The molecule has 1 N–H and O–H groups in total. The number of nitrogens with zero attached hydrogens (tertiary/aromatic N) is 2. The van der Waals surface area contributed by atoms with Gasteiger partial charge in [0.1, 0.15) is 0 Å². The zero-order valence-corrected chi connectivity index (χ0v) is 20.9. The minimum Gasteiger partial charge on any atom is -0.351 e.